The van der Waals surface area contributed by atoms with Crippen LogP contribution in [0.1, 0.15) is 32.4 Å². The van der Waals surface area contributed by atoms with E-state index in [1.807, 2.05) is 6.92 Å². The lowest BCUT2D eigenvalue weighted by atomic mass is 10.0. The molecule has 0 amide bonds. The second-order valence-electron chi connectivity index (χ2n) is 5.29. The zero-order valence-electron chi connectivity index (χ0n) is 11.9. The van der Waals surface area contributed by atoms with E-state index in [4.69, 9.17) is 5.73 Å². The Kier molecular flexibility index (Phi) is 4.23. The van der Waals surface area contributed by atoms with Crippen LogP contribution >= 0.6 is 0 Å². The lowest BCUT2D eigenvalue weighted by Crippen LogP contribution is -2.09. The van der Waals surface area contributed by atoms with Gasteiger partial charge in [-0.2, -0.15) is 0 Å². The van der Waals surface area contributed by atoms with Gasteiger partial charge >= 0.3 is 0 Å². The van der Waals surface area contributed by atoms with Gasteiger partial charge in [0.1, 0.15) is 0 Å². The Morgan fingerprint density at radius 2 is 1.26 bits per heavy atom. The molecule has 0 fully saturated rings. The van der Waals surface area contributed by atoms with Crippen LogP contribution in [0.3, 0.4) is 0 Å². The second kappa shape index (κ2) is 5.89. The highest BCUT2D eigenvalue weighted by Crippen LogP contribution is 2.23. The Labute approximate surface area is 115 Å². The van der Waals surface area contributed by atoms with Crippen molar-refractivity contribution in [3.63, 3.8) is 0 Å². The van der Waals surface area contributed by atoms with Crippen molar-refractivity contribution < 1.29 is 0 Å². The average molecular weight is 254 g/mol. The maximum atomic E-state index is 5.86. The van der Waals surface area contributed by atoms with Crippen molar-refractivity contribution in [3.05, 3.63) is 54.1 Å². The maximum absolute atomic E-state index is 5.86. The van der Waals surface area contributed by atoms with Crippen LogP contribution in [0.4, 0.5) is 5.69 Å². The van der Waals surface area contributed by atoms with Gasteiger partial charge < -0.3 is 11.1 Å². The van der Waals surface area contributed by atoms with Gasteiger partial charge in [0.15, 0.2) is 0 Å². The molecule has 0 aliphatic carbocycles. The zero-order chi connectivity index (χ0) is 13.8. The molecular weight excluding hydrogens is 232 g/mol. The molecule has 0 radical (unpaired) electrons. The monoisotopic (exact) mass is 254 g/mol. The molecule has 19 heavy (non-hydrogen) atoms. The maximum Gasteiger partial charge on any atom is 0.0342 e. The zero-order valence-corrected chi connectivity index (χ0v) is 11.9. The molecule has 2 rings (SSSR count). The standard InChI is InChI=1S/C17H22N2/c1-12(2)19-17-10-8-16(9-11-17)15-6-4-14(5-7-15)13(3)18/h4-13,19H,18H2,1-3H3. The Bertz CT molecular complexity index is 510. The van der Waals surface area contributed by atoms with Gasteiger partial charge in [0.2, 0.25) is 0 Å². The third kappa shape index (κ3) is 3.58. The first-order valence-corrected chi connectivity index (χ1v) is 6.79. The summed E-state index contributed by atoms with van der Waals surface area (Å²) in [5.74, 6) is 0. The normalized spacial score (nSPS) is 12.5. The lowest BCUT2D eigenvalue weighted by molar-refractivity contribution is 0.818. The molecule has 2 aromatic carbocycles. The molecule has 2 aromatic rings. The van der Waals surface area contributed by atoms with E-state index in [1.165, 1.54) is 16.7 Å². The summed E-state index contributed by atoms with van der Waals surface area (Å²) in [6.07, 6.45) is 0. The average Bonchev–Trinajstić information content (AvgIpc) is 2.39. The largest absolute Gasteiger partial charge is 0.383 e. The number of anilines is 1. The molecule has 0 aromatic heterocycles. The van der Waals surface area contributed by atoms with E-state index < -0.39 is 0 Å². The van der Waals surface area contributed by atoms with Crippen LogP contribution in [0, 0.1) is 0 Å². The first-order valence-electron chi connectivity index (χ1n) is 6.79. The fraction of sp³-hybridized carbons (Fsp3) is 0.294. The van der Waals surface area contributed by atoms with Crippen molar-refractivity contribution in [2.75, 3.05) is 5.32 Å². The summed E-state index contributed by atoms with van der Waals surface area (Å²) in [6, 6.07) is 17.5. The molecule has 100 valence electrons. The van der Waals surface area contributed by atoms with Crippen LogP contribution in [0.15, 0.2) is 48.5 Å². The van der Waals surface area contributed by atoms with Gasteiger partial charge in [-0.25, -0.2) is 0 Å². The minimum absolute atomic E-state index is 0.0895. The highest BCUT2D eigenvalue weighted by molar-refractivity contribution is 5.66. The number of nitrogens with two attached hydrogens (primary N) is 1. The summed E-state index contributed by atoms with van der Waals surface area (Å²) in [5, 5.41) is 3.39. The second-order valence-corrected chi connectivity index (χ2v) is 5.29. The van der Waals surface area contributed by atoms with Crippen molar-refractivity contribution in [1.29, 1.82) is 0 Å². The van der Waals surface area contributed by atoms with E-state index in [9.17, 15) is 0 Å². The highest BCUT2D eigenvalue weighted by Gasteiger charge is 2.02. The summed E-state index contributed by atoms with van der Waals surface area (Å²) >= 11 is 0. The van der Waals surface area contributed by atoms with Crippen LogP contribution < -0.4 is 11.1 Å². The Morgan fingerprint density at radius 1 is 0.789 bits per heavy atom. The van der Waals surface area contributed by atoms with Crippen LogP contribution in [0.25, 0.3) is 11.1 Å². The fourth-order valence-corrected chi connectivity index (χ4v) is 2.07. The van der Waals surface area contributed by atoms with Crippen molar-refractivity contribution in [1.82, 2.24) is 0 Å². The van der Waals surface area contributed by atoms with Crippen LogP contribution in [0.5, 0.6) is 0 Å². The SMILES string of the molecule is CC(C)Nc1ccc(-c2ccc(C(C)N)cc2)cc1. The van der Waals surface area contributed by atoms with Crippen LogP contribution in [0.2, 0.25) is 0 Å². The number of hydrogen-bond donors (Lipinski definition) is 2. The lowest BCUT2D eigenvalue weighted by Gasteiger charge is -2.11. The van der Waals surface area contributed by atoms with E-state index in [2.05, 4.69) is 67.7 Å². The van der Waals surface area contributed by atoms with Crippen molar-refractivity contribution in [3.8, 4) is 11.1 Å². The Morgan fingerprint density at radius 3 is 1.68 bits per heavy atom. The Hall–Kier alpha value is -1.80. The van der Waals surface area contributed by atoms with E-state index in [0.717, 1.165) is 5.69 Å². The summed E-state index contributed by atoms with van der Waals surface area (Å²) < 4.78 is 0. The molecule has 0 heterocycles. The molecule has 2 heteroatoms. The van der Waals surface area contributed by atoms with E-state index >= 15 is 0 Å². The Balaban J connectivity index is 2.17. The molecule has 1 unspecified atom stereocenters. The molecule has 0 spiro atoms. The predicted molar refractivity (Wildman–Crippen MR) is 83.2 cm³/mol. The molecule has 0 bridgehead atoms. The first kappa shape index (κ1) is 13.6. The van der Waals surface area contributed by atoms with Gasteiger partial charge in [-0.05, 0) is 49.6 Å². The smallest absolute Gasteiger partial charge is 0.0342 e. The van der Waals surface area contributed by atoms with Gasteiger partial charge in [-0.1, -0.05) is 36.4 Å². The summed E-state index contributed by atoms with van der Waals surface area (Å²) in [6.45, 7) is 6.28. The molecule has 2 nitrogen and oxygen atoms in total. The topological polar surface area (TPSA) is 38.0 Å². The quantitative estimate of drug-likeness (QED) is 0.858. The highest BCUT2D eigenvalue weighted by atomic mass is 14.9. The van der Waals surface area contributed by atoms with Gasteiger partial charge in [0.05, 0.1) is 0 Å². The number of benzene rings is 2. The molecular formula is C17H22N2. The van der Waals surface area contributed by atoms with Crippen LogP contribution in [-0.2, 0) is 0 Å². The molecule has 0 saturated carbocycles. The molecule has 1 atom stereocenters. The van der Waals surface area contributed by atoms with Crippen LogP contribution in [-0.4, -0.2) is 6.04 Å². The summed E-state index contributed by atoms with van der Waals surface area (Å²) in [4.78, 5) is 0. The minimum Gasteiger partial charge on any atom is -0.383 e. The molecule has 0 aliphatic heterocycles. The first-order chi connectivity index (χ1) is 9.06. The van der Waals surface area contributed by atoms with E-state index in [1.54, 1.807) is 0 Å². The van der Waals surface area contributed by atoms with Gasteiger partial charge in [-0.3, -0.25) is 0 Å². The van der Waals surface area contributed by atoms with E-state index in [-0.39, 0.29) is 6.04 Å². The summed E-state index contributed by atoms with van der Waals surface area (Å²) in [5.41, 5.74) is 10.6. The van der Waals surface area contributed by atoms with Crippen molar-refractivity contribution in [2.24, 2.45) is 5.73 Å². The fourth-order valence-electron chi connectivity index (χ4n) is 2.07. The van der Waals surface area contributed by atoms with E-state index in [0.29, 0.717) is 6.04 Å². The van der Waals surface area contributed by atoms with Gasteiger partial charge in [0, 0.05) is 17.8 Å². The molecule has 3 N–H and O–H groups in total. The van der Waals surface area contributed by atoms with Gasteiger partial charge in [-0.15, -0.1) is 0 Å². The number of rotatable bonds is 4. The minimum atomic E-state index is 0.0895. The third-order valence-corrected chi connectivity index (χ3v) is 3.11. The van der Waals surface area contributed by atoms with Crippen molar-refractivity contribution in [2.45, 2.75) is 32.9 Å². The molecule has 0 aliphatic rings. The van der Waals surface area contributed by atoms with Gasteiger partial charge in [0.25, 0.3) is 0 Å². The predicted octanol–water partition coefficient (Wildman–Crippen LogP) is 4.19. The summed E-state index contributed by atoms with van der Waals surface area (Å²) in [7, 11) is 0. The molecule has 0 saturated heterocycles. The third-order valence-electron chi connectivity index (χ3n) is 3.11. The number of hydrogen-bond acceptors (Lipinski definition) is 2. The van der Waals surface area contributed by atoms with Crippen molar-refractivity contribution >= 4 is 5.69 Å². The number of nitrogens with one attached hydrogen (secondary N) is 1.